The maximum atomic E-state index is 14.0. The smallest absolute Gasteiger partial charge is 0.129 e. The Balaban J connectivity index is 2.17. The molecule has 1 aromatic carbocycles. The lowest BCUT2D eigenvalue weighted by Crippen LogP contribution is -2.27. The van der Waals surface area contributed by atoms with Crippen LogP contribution in [0, 0.1) is 5.82 Å². The quantitative estimate of drug-likeness (QED) is 0.798. The average Bonchev–Trinajstić information content (AvgIpc) is 3.18. The van der Waals surface area contributed by atoms with Crippen LogP contribution >= 0.6 is 0 Å². The van der Waals surface area contributed by atoms with E-state index in [2.05, 4.69) is 24.1 Å². The van der Waals surface area contributed by atoms with Crippen molar-refractivity contribution in [1.29, 1.82) is 0 Å². The highest BCUT2D eigenvalue weighted by Gasteiger charge is 2.22. The number of nitrogens with zero attached hydrogens (tertiary/aromatic N) is 1. The van der Waals surface area contributed by atoms with Crippen LogP contribution in [-0.2, 0) is 6.54 Å². The minimum atomic E-state index is -0.0878. The molecule has 0 aromatic heterocycles. The second-order valence-electron chi connectivity index (χ2n) is 4.97. The van der Waals surface area contributed by atoms with Crippen molar-refractivity contribution in [2.45, 2.75) is 45.7 Å². The van der Waals surface area contributed by atoms with Gasteiger partial charge >= 0.3 is 0 Å². The highest BCUT2D eigenvalue weighted by Crippen LogP contribution is 2.25. The number of hydrogen-bond acceptors (Lipinski definition) is 2. The third-order valence-electron chi connectivity index (χ3n) is 3.45. The molecule has 2 rings (SSSR count). The molecule has 1 aromatic rings. The first-order valence-electron chi connectivity index (χ1n) is 7.02. The first-order valence-corrected chi connectivity index (χ1v) is 7.02. The maximum absolute atomic E-state index is 14.0. The van der Waals surface area contributed by atoms with Gasteiger partial charge in [0.1, 0.15) is 5.82 Å². The molecule has 0 atom stereocenters. The first kappa shape index (κ1) is 13.3. The van der Waals surface area contributed by atoms with Crippen LogP contribution in [-0.4, -0.2) is 19.1 Å². The molecule has 0 bridgehead atoms. The van der Waals surface area contributed by atoms with Crippen LogP contribution in [0.5, 0.6) is 0 Å². The number of benzene rings is 1. The molecule has 18 heavy (non-hydrogen) atoms. The molecule has 0 saturated heterocycles. The minimum absolute atomic E-state index is 0.0878. The monoisotopic (exact) mass is 250 g/mol. The minimum Gasteiger partial charge on any atom is -0.371 e. The SMILES string of the molecule is CCCN(CC)c1cccc(F)c1CNC1CC1. The average molecular weight is 250 g/mol. The van der Waals surface area contributed by atoms with Crippen LogP contribution in [0.2, 0.25) is 0 Å². The molecule has 0 unspecified atom stereocenters. The number of hydrogen-bond donors (Lipinski definition) is 1. The van der Waals surface area contributed by atoms with Gasteiger partial charge in [0.25, 0.3) is 0 Å². The Morgan fingerprint density at radius 1 is 1.33 bits per heavy atom. The zero-order valence-corrected chi connectivity index (χ0v) is 11.4. The molecule has 0 heterocycles. The van der Waals surface area contributed by atoms with Gasteiger partial charge in [0.2, 0.25) is 0 Å². The molecule has 0 aliphatic heterocycles. The fourth-order valence-corrected chi connectivity index (χ4v) is 2.27. The molecule has 100 valence electrons. The molecule has 1 aliphatic carbocycles. The Morgan fingerprint density at radius 3 is 2.72 bits per heavy atom. The van der Waals surface area contributed by atoms with Gasteiger partial charge in [-0.2, -0.15) is 0 Å². The lowest BCUT2D eigenvalue weighted by Gasteiger charge is -2.25. The number of anilines is 1. The molecule has 1 saturated carbocycles. The zero-order valence-electron chi connectivity index (χ0n) is 11.4. The van der Waals surface area contributed by atoms with Crippen molar-refractivity contribution < 1.29 is 4.39 Å². The standard InChI is InChI=1S/C15H23FN2/c1-3-10-18(4-2)15-7-5-6-14(16)13(15)11-17-12-8-9-12/h5-7,12,17H,3-4,8-11H2,1-2H3. The van der Waals surface area contributed by atoms with Gasteiger partial charge in [-0.05, 0) is 38.3 Å². The summed E-state index contributed by atoms with van der Waals surface area (Å²) in [4.78, 5) is 2.26. The van der Waals surface area contributed by atoms with Gasteiger partial charge in [-0.1, -0.05) is 13.0 Å². The van der Waals surface area contributed by atoms with E-state index in [-0.39, 0.29) is 5.82 Å². The predicted molar refractivity (Wildman–Crippen MR) is 74.4 cm³/mol. The van der Waals surface area contributed by atoms with Crippen LogP contribution in [0.25, 0.3) is 0 Å². The van der Waals surface area contributed by atoms with Crippen LogP contribution < -0.4 is 10.2 Å². The Bertz CT molecular complexity index is 388. The van der Waals surface area contributed by atoms with Crippen molar-refractivity contribution in [2.75, 3.05) is 18.0 Å². The van der Waals surface area contributed by atoms with E-state index >= 15 is 0 Å². The fraction of sp³-hybridized carbons (Fsp3) is 0.600. The Kier molecular flexibility index (Phi) is 4.59. The molecular weight excluding hydrogens is 227 g/mol. The highest BCUT2D eigenvalue weighted by atomic mass is 19.1. The predicted octanol–water partition coefficient (Wildman–Crippen LogP) is 3.31. The van der Waals surface area contributed by atoms with E-state index in [1.807, 2.05) is 12.1 Å². The number of rotatable bonds is 7. The van der Waals surface area contributed by atoms with E-state index in [9.17, 15) is 4.39 Å². The third kappa shape index (κ3) is 3.22. The van der Waals surface area contributed by atoms with Gasteiger partial charge in [-0.15, -0.1) is 0 Å². The summed E-state index contributed by atoms with van der Waals surface area (Å²) < 4.78 is 14.0. The van der Waals surface area contributed by atoms with E-state index in [0.29, 0.717) is 12.6 Å². The van der Waals surface area contributed by atoms with Gasteiger partial charge in [0.15, 0.2) is 0 Å². The van der Waals surface area contributed by atoms with Crippen molar-refractivity contribution in [3.05, 3.63) is 29.6 Å². The molecule has 1 fully saturated rings. The third-order valence-corrected chi connectivity index (χ3v) is 3.45. The summed E-state index contributed by atoms with van der Waals surface area (Å²) in [7, 11) is 0. The summed E-state index contributed by atoms with van der Waals surface area (Å²) in [5, 5.41) is 3.41. The second kappa shape index (κ2) is 6.19. The number of halogens is 1. The van der Waals surface area contributed by atoms with E-state index in [4.69, 9.17) is 0 Å². The summed E-state index contributed by atoms with van der Waals surface area (Å²) in [5.74, 6) is -0.0878. The summed E-state index contributed by atoms with van der Waals surface area (Å²) in [6, 6.07) is 6.02. The van der Waals surface area contributed by atoms with Crippen molar-refractivity contribution in [1.82, 2.24) is 5.32 Å². The Hall–Kier alpha value is -1.09. The normalized spacial score (nSPS) is 14.8. The van der Waals surface area contributed by atoms with Crippen LogP contribution in [0.3, 0.4) is 0 Å². The van der Waals surface area contributed by atoms with Gasteiger partial charge in [-0.3, -0.25) is 0 Å². The van der Waals surface area contributed by atoms with Crippen LogP contribution in [0.15, 0.2) is 18.2 Å². The number of nitrogens with one attached hydrogen (secondary N) is 1. The van der Waals surface area contributed by atoms with Crippen molar-refractivity contribution in [3.63, 3.8) is 0 Å². The topological polar surface area (TPSA) is 15.3 Å². The second-order valence-corrected chi connectivity index (χ2v) is 4.97. The van der Waals surface area contributed by atoms with E-state index in [0.717, 1.165) is 30.8 Å². The van der Waals surface area contributed by atoms with Gasteiger partial charge < -0.3 is 10.2 Å². The Labute approximate surface area is 109 Å². The first-order chi connectivity index (χ1) is 8.76. The van der Waals surface area contributed by atoms with E-state index in [1.54, 1.807) is 6.07 Å². The largest absolute Gasteiger partial charge is 0.371 e. The van der Waals surface area contributed by atoms with E-state index in [1.165, 1.54) is 12.8 Å². The van der Waals surface area contributed by atoms with Crippen LogP contribution in [0.1, 0.15) is 38.7 Å². The molecule has 3 heteroatoms. The summed E-state index contributed by atoms with van der Waals surface area (Å²) in [5.41, 5.74) is 1.87. The van der Waals surface area contributed by atoms with Crippen molar-refractivity contribution in [2.24, 2.45) is 0 Å². The molecular formula is C15H23FN2. The highest BCUT2D eigenvalue weighted by molar-refractivity contribution is 5.54. The lowest BCUT2D eigenvalue weighted by molar-refractivity contribution is 0.584. The van der Waals surface area contributed by atoms with Crippen LogP contribution in [0.4, 0.5) is 10.1 Å². The van der Waals surface area contributed by atoms with E-state index < -0.39 is 0 Å². The molecule has 2 nitrogen and oxygen atoms in total. The van der Waals surface area contributed by atoms with Gasteiger partial charge in [0, 0.05) is 36.9 Å². The maximum Gasteiger partial charge on any atom is 0.129 e. The molecule has 0 radical (unpaired) electrons. The summed E-state index contributed by atoms with van der Waals surface area (Å²) >= 11 is 0. The molecule has 1 aliphatic rings. The molecule has 0 spiro atoms. The van der Waals surface area contributed by atoms with Gasteiger partial charge in [-0.25, -0.2) is 4.39 Å². The lowest BCUT2D eigenvalue weighted by atomic mass is 10.1. The summed E-state index contributed by atoms with van der Waals surface area (Å²) in [6.07, 6.45) is 3.55. The Morgan fingerprint density at radius 2 is 2.11 bits per heavy atom. The van der Waals surface area contributed by atoms with Crippen molar-refractivity contribution in [3.8, 4) is 0 Å². The molecule has 1 N–H and O–H groups in total. The fourth-order valence-electron chi connectivity index (χ4n) is 2.27. The molecule has 0 amide bonds. The van der Waals surface area contributed by atoms with Crippen molar-refractivity contribution >= 4 is 5.69 Å². The zero-order chi connectivity index (χ0) is 13.0. The van der Waals surface area contributed by atoms with Gasteiger partial charge in [0.05, 0.1) is 0 Å². The summed E-state index contributed by atoms with van der Waals surface area (Å²) in [6.45, 7) is 6.83.